The summed E-state index contributed by atoms with van der Waals surface area (Å²) in [6.45, 7) is 4.32. The number of rotatable bonds is 2. The van der Waals surface area contributed by atoms with Crippen LogP contribution < -0.4 is 0 Å². The molecule has 1 aliphatic carbocycles. The van der Waals surface area contributed by atoms with Crippen molar-refractivity contribution in [2.24, 2.45) is 0 Å². The molecule has 1 aliphatic rings. The molecule has 0 N–H and O–H groups in total. The van der Waals surface area contributed by atoms with E-state index in [2.05, 4.69) is 31.0 Å². The second kappa shape index (κ2) is 4.12. The van der Waals surface area contributed by atoms with E-state index in [-0.39, 0.29) is 0 Å². The molecule has 1 aromatic rings. The topological polar surface area (TPSA) is 12.9 Å². The van der Waals surface area contributed by atoms with Crippen LogP contribution in [0.25, 0.3) is 0 Å². The van der Waals surface area contributed by atoms with Crippen LogP contribution in [0.5, 0.6) is 0 Å². The molecule has 0 spiro atoms. The van der Waals surface area contributed by atoms with Crippen molar-refractivity contribution in [1.29, 1.82) is 0 Å². The normalized spacial score (nSPS) is 17.6. The fourth-order valence-electron chi connectivity index (χ4n) is 2.40. The summed E-state index contributed by atoms with van der Waals surface area (Å²) in [6.07, 6.45) is 6.60. The van der Waals surface area contributed by atoms with Gasteiger partial charge < -0.3 is 0 Å². The predicted octanol–water partition coefficient (Wildman–Crippen LogP) is 3.61. The van der Waals surface area contributed by atoms with Crippen molar-refractivity contribution in [3.63, 3.8) is 0 Å². The van der Waals surface area contributed by atoms with Crippen molar-refractivity contribution in [3.8, 4) is 0 Å². The molecule has 0 aromatic carbocycles. The molecule has 1 heteroatoms. The van der Waals surface area contributed by atoms with Crippen molar-refractivity contribution in [2.75, 3.05) is 0 Å². The molecule has 14 heavy (non-hydrogen) atoms. The van der Waals surface area contributed by atoms with E-state index >= 15 is 0 Å². The minimum absolute atomic E-state index is 0.750. The molecular weight excluding hydrogens is 170 g/mol. The molecule has 0 unspecified atom stereocenters. The van der Waals surface area contributed by atoms with Crippen molar-refractivity contribution in [2.45, 2.75) is 51.9 Å². The van der Waals surface area contributed by atoms with Gasteiger partial charge in [0.05, 0.1) is 0 Å². The van der Waals surface area contributed by atoms with Gasteiger partial charge in [-0.15, -0.1) is 0 Å². The first kappa shape index (κ1) is 9.70. The van der Waals surface area contributed by atoms with Gasteiger partial charge in [0, 0.05) is 17.3 Å². The summed E-state index contributed by atoms with van der Waals surface area (Å²) >= 11 is 0. The second-order valence-corrected chi connectivity index (χ2v) is 4.38. The van der Waals surface area contributed by atoms with E-state index in [1.807, 2.05) is 0 Å². The Kier molecular flexibility index (Phi) is 2.85. The Balaban J connectivity index is 2.27. The third-order valence-corrected chi connectivity index (χ3v) is 3.21. The maximum Gasteiger partial charge on any atom is 0.0440 e. The average molecular weight is 189 g/mol. The molecule has 1 nitrogen and oxygen atoms in total. The summed E-state index contributed by atoms with van der Waals surface area (Å²) in [7, 11) is 0. The van der Waals surface area contributed by atoms with Crippen molar-refractivity contribution in [1.82, 2.24) is 4.98 Å². The van der Waals surface area contributed by atoms with Crippen LogP contribution in [0.3, 0.4) is 0 Å². The van der Waals surface area contributed by atoms with Gasteiger partial charge in [-0.1, -0.05) is 19.8 Å². The number of nitrogens with zero attached hydrogens (tertiary/aromatic N) is 1. The van der Waals surface area contributed by atoms with E-state index in [4.69, 9.17) is 0 Å². The minimum Gasteiger partial charge on any atom is -0.258 e. The van der Waals surface area contributed by atoms with Gasteiger partial charge in [0.2, 0.25) is 0 Å². The zero-order chi connectivity index (χ0) is 9.97. The van der Waals surface area contributed by atoms with Crippen LogP contribution in [0.15, 0.2) is 12.1 Å². The van der Waals surface area contributed by atoms with Gasteiger partial charge >= 0.3 is 0 Å². The average Bonchev–Trinajstić information content (AvgIpc) is 2.69. The van der Waals surface area contributed by atoms with Crippen LogP contribution in [0.1, 0.15) is 55.5 Å². The van der Waals surface area contributed by atoms with Gasteiger partial charge in [-0.25, -0.2) is 0 Å². The standard InChI is InChI=1S/C13H19N/c1-3-11-8-10(2)14-13(9-11)12-6-4-5-7-12/h8-9,12H,3-7H2,1-2H3. The zero-order valence-corrected chi connectivity index (χ0v) is 9.21. The molecule has 1 saturated carbocycles. The summed E-state index contributed by atoms with van der Waals surface area (Å²) in [5.41, 5.74) is 3.98. The number of aryl methyl sites for hydroxylation is 2. The van der Waals surface area contributed by atoms with Crippen LogP contribution in [-0.4, -0.2) is 4.98 Å². The maximum atomic E-state index is 4.66. The highest BCUT2D eigenvalue weighted by Gasteiger charge is 2.18. The molecule has 0 bridgehead atoms. The molecule has 1 fully saturated rings. The third-order valence-electron chi connectivity index (χ3n) is 3.21. The molecular formula is C13H19N. The first-order valence-electron chi connectivity index (χ1n) is 5.77. The van der Waals surface area contributed by atoms with E-state index in [9.17, 15) is 0 Å². The zero-order valence-electron chi connectivity index (χ0n) is 9.21. The Morgan fingerprint density at radius 1 is 1.29 bits per heavy atom. The molecule has 2 rings (SSSR count). The molecule has 1 aromatic heterocycles. The lowest BCUT2D eigenvalue weighted by molar-refractivity contribution is 0.692. The molecule has 0 aliphatic heterocycles. The highest BCUT2D eigenvalue weighted by Crippen LogP contribution is 2.33. The van der Waals surface area contributed by atoms with Crippen LogP contribution in [0.2, 0.25) is 0 Å². The molecule has 1 heterocycles. The second-order valence-electron chi connectivity index (χ2n) is 4.38. The SMILES string of the molecule is CCc1cc(C)nc(C2CCCC2)c1. The molecule has 0 saturated heterocycles. The van der Waals surface area contributed by atoms with Crippen molar-refractivity contribution >= 4 is 0 Å². The van der Waals surface area contributed by atoms with E-state index in [1.54, 1.807) is 0 Å². The maximum absolute atomic E-state index is 4.66. The Hall–Kier alpha value is -0.850. The van der Waals surface area contributed by atoms with Crippen LogP contribution >= 0.6 is 0 Å². The van der Waals surface area contributed by atoms with Crippen molar-refractivity contribution in [3.05, 3.63) is 29.1 Å². The van der Waals surface area contributed by atoms with Gasteiger partial charge in [-0.05, 0) is 43.9 Å². The van der Waals surface area contributed by atoms with E-state index in [0.717, 1.165) is 12.3 Å². The fraction of sp³-hybridized carbons (Fsp3) is 0.615. The van der Waals surface area contributed by atoms with E-state index in [1.165, 1.54) is 42.6 Å². The summed E-state index contributed by atoms with van der Waals surface area (Å²) in [5, 5.41) is 0. The van der Waals surface area contributed by atoms with Gasteiger partial charge in [-0.3, -0.25) is 4.98 Å². The third kappa shape index (κ3) is 1.97. The lowest BCUT2D eigenvalue weighted by Crippen LogP contribution is -1.99. The largest absolute Gasteiger partial charge is 0.258 e. The lowest BCUT2D eigenvalue weighted by Gasteiger charge is -2.10. The van der Waals surface area contributed by atoms with Gasteiger partial charge in [0.25, 0.3) is 0 Å². The highest BCUT2D eigenvalue weighted by molar-refractivity contribution is 5.23. The molecule has 0 radical (unpaired) electrons. The van der Waals surface area contributed by atoms with Crippen molar-refractivity contribution < 1.29 is 0 Å². The smallest absolute Gasteiger partial charge is 0.0440 e. The monoisotopic (exact) mass is 189 g/mol. The highest BCUT2D eigenvalue weighted by atomic mass is 14.7. The van der Waals surface area contributed by atoms with Gasteiger partial charge in [0.1, 0.15) is 0 Å². The summed E-state index contributed by atoms with van der Waals surface area (Å²) in [6, 6.07) is 4.52. The van der Waals surface area contributed by atoms with E-state index in [0.29, 0.717) is 0 Å². The van der Waals surface area contributed by atoms with Gasteiger partial charge in [0.15, 0.2) is 0 Å². The molecule has 0 amide bonds. The summed E-state index contributed by atoms with van der Waals surface area (Å²) < 4.78 is 0. The quantitative estimate of drug-likeness (QED) is 0.692. The molecule has 0 atom stereocenters. The fourth-order valence-corrected chi connectivity index (χ4v) is 2.40. The van der Waals surface area contributed by atoms with E-state index < -0.39 is 0 Å². The number of hydrogen-bond acceptors (Lipinski definition) is 1. The Morgan fingerprint density at radius 2 is 2.00 bits per heavy atom. The predicted molar refractivity (Wildman–Crippen MR) is 59.6 cm³/mol. The van der Waals surface area contributed by atoms with Crippen LogP contribution in [0.4, 0.5) is 0 Å². The van der Waals surface area contributed by atoms with Crippen LogP contribution in [-0.2, 0) is 6.42 Å². The summed E-state index contributed by atoms with van der Waals surface area (Å²) in [5.74, 6) is 0.750. The van der Waals surface area contributed by atoms with Crippen LogP contribution in [0, 0.1) is 6.92 Å². The van der Waals surface area contributed by atoms with Gasteiger partial charge in [-0.2, -0.15) is 0 Å². The molecule has 76 valence electrons. The Labute approximate surface area is 86.6 Å². The summed E-state index contributed by atoms with van der Waals surface area (Å²) in [4.78, 5) is 4.66. The lowest BCUT2D eigenvalue weighted by atomic mass is 10.0. The number of pyridine rings is 1. The first-order chi connectivity index (χ1) is 6.79. The number of aromatic nitrogens is 1. The Bertz CT molecular complexity index is 311. The number of hydrogen-bond donors (Lipinski definition) is 0. The first-order valence-corrected chi connectivity index (χ1v) is 5.77. The minimum atomic E-state index is 0.750. The Morgan fingerprint density at radius 3 is 2.64 bits per heavy atom.